The molecule has 0 bridgehead atoms. The third kappa shape index (κ3) is 2.84. The van der Waals surface area contributed by atoms with Gasteiger partial charge in [0.15, 0.2) is 0 Å². The lowest BCUT2D eigenvalue weighted by Crippen LogP contribution is -2.37. The zero-order chi connectivity index (χ0) is 10.8. The molecule has 1 heterocycles. The van der Waals surface area contributed by atoms with Gasteiger partial charge in [0.25, 0.3) is 0 Å². The van der Waals surface area contributed by atoms with Crippen LogP contribution in [0.1, 0.15) is 26.7 Å². The van der Waals surface area contributed by atoms with Crippen LogP contribution < -0.4 is 0 Å². The third-order valence-electron chi connectivity index (χ3n) is 2.61. The fourth-order valence-electron chi connectivity index (χ4n) is 1.82. The van der Waals surface area contributed by atoms with Crippen molar-refractivity contribution in [3.05, 3.63) is 0 Å². The number of hydrogen-bond donors (Lipinski definition) is 0. The monoisotopic (exact) mass is 239 g/mol. The molecule has 0 N–H and O–H groups in total. The summed E-state index contributed by atoms with van der Waals surface area (Å²) in [6.07, 6.45) is 1.96. The quantitative estimate of drug-likeness (QED) is 0.700. The van der Waals surface area contributed by atoms with Crippen LogP contribution in [0, 0.1) is 5.92 Å². The maximum Gasteiger partial charge on any atom is 0.214 e. The van der Waals surface area contributed by atoms with Gasteiger partial charge in [-0.25, -0.2) is 8.42 Å². The second-order valence-electron chi connectivity index (χ2n) is 4.14. The normalized spacial score (nSPS) is 26.6. The SMILES string of the molecule is CC(CCl)CS(=O)(=O)N1CCCC1C. The van der Waals surface area contributed by atoms with Crippen molar-refractivity contribution in [1.29, 1.82) is 0 Å². The smallest absolute Gasteiger partial charge is 0.212 e. The van der Waals surface area contributed by atoms with Gasteiger partial charge in [0.1, 0.15) is 0 Å². The van der Waals surface area contributed by atoms with E-state index in [0.29, 0.717) is 12.4 Å². The van der Waals surface area contributed by atoms with Crippen LogP contribution in [0.4, 0.5) is 0 Å². The Morgan fingerprint density at radius 1 is 1.57 bits per heavy atom. The lowest BCUT2D eigenvalue weighted by atomic mass is 10.3. The Bertz CT molecular complexity index is 279. The minimum atomic E-state index is -3.07. The molecule has 5 heteroatoms. The van der Waals surface area contributed by atoms with Gasteiger partial charge in [-0.15, -0.1) is 11.6 Å². The minimum Gasteiger partial charge on any atom is -0.212 e. The van der Waals surface area contributed by atoms with Gasteiger partial charge in [-0.05, 0) is 25.7 Å². The highest BCUT2D eigenvalue weighted by Crippen LogP contribution is 2.22. The molecule has 14 heavy (non-hydrogen) atoms. The number of sulfonamides is 1. The number of halogens is 1. The molecule has 2 unspecified atom stereocenters. The Morgan fingerprint density at radius 2 is 2.21 bits per heavy atom. The van der Waals surface area contributed by atoms with Crippen LogP contribution in [-0.4, -0.2) is 36.9 Å². The first-order valence-corrected chi connectivity index (χ1v) is 7.17. The molecule has 1 fully saturated rings. The molecule has 0 aromatic heterocycles. The van der Waals surface area contributed by atoms with Gasteiger partial charge in [-0.1, -0.05) is 6.92 Å². The molecule has 1 aliphatic rings. The zero-order valence-corrected chi connectivity index (χ0v) is 10.3. The van der Waals surface area contributed by atoms with Gasteiger partial charge in [-0.3, -0.25) is 0 Å². The van der Waals surface area contributed by atoms with Crippen molar-refractivity contribution in [2.75, 3.05) is 18.2 Å². The second kappa shape index (κ2) is 4.81. The fourth-order valence-corrected chi connectivity index (χ4v) is 4.15. The van der Waals surface area contributed by atoms with Crippen molar-refractivity contribution < 1.29 is 8.42 Å². The first kappa shape index (κ1) is 12.3. The summed E-state index contributed by atoms with van der Waals surface area (Å²) >= 11 is 5.62. The van der Waals surface area contributed by atoms with E-state index in [1.165, 1.54) is 0 Å². The van der Waals surface area contributed by atoms with Crippen molar-refractivity contribution in [3.8, 4) is 0 Å². The number of alkyl halides is 1. The summed E-state index contributed by atoms with van der Waals surface area (Å²) in [5.41, 5.74) is 0. The lowest BCUT2D eigenvalue weighted by Gasteiger charge is -2.22. The van der Waals surface area contributed by atoms with Crippen LogP contribution >= 0.6 is 11.6 Å². The molecule has 3 nitrogen and oxygen atoms in total. The molecule has 2 atom stereocenters. The summed E-state index contributed by atoms with van der Waals surface area (Å²) < 4.78 is 25.4. The minimum absolute atomic E-state index is 0.0365. The van der Waals surface area contributed by atoms with Gasteiger partial charge in [-0.2, -0.15) is 4.31 Å². The topological polar surface area (TPSA) is 37.4 Å². The highest BCUT2D eigenvalue weighted by atomic mass is 35.5. The van der Waals surface area contributed by atoms with E-state index in [1.54, 1.807) is 4.31 Å². The van der Waals surface area contributed by atoms with Crippen LogP contribution in [-0.2, 0) is 10.0 Å². The molecule has 0 aromatic rings. The Hall–Kier alpha value is 0.200. The number of rotatable bonds is 4. The molecule has 0 spiro atoms. The summed E-state index contributed by atoms with van der Waals surface area (Å²) in [7, 11) is -3.07. The zero-order valence-electron chi connectivity index (χ0n) is 8.74. The summed E-state index contributed by atoms with van der Waals surface area (Å²) in [5.74, 6) is 0.622. The van der Waals surface area contributed by atoms with E-state index < -0.39 is 10.0 Å². The molecule has 1 rings (SSSR count). The van der Waals surface area contributed by atoms with E-state index >= 15 is 0 Å². The van der Waals surface area contributed by atoms with Crippen LogP contribution in [0.15, 0.2) is 0 Å². The molecular formula is C9H18ClNO2S. The maximum atomic E-state index is 11.9. The van der Waals surface area contributed by atoms with Crippen molar-refractivity contribution in [2.24, 2.45) is 5.92 Å². The molecule has 0 aromatic carbocycles. The van der Waals surface area contributed by atoms with Crippen molar-refractivity contribution in [2.45, 2.75) is 32.7 Å². The third-order valence-corrected chi connectivity index (χ3v) is 5.38. The van der Waals surface area contributed by atoms with Gasteiger partial charge < -0.3 is 0 Å². The number of nitrogens with zero attached hydrogens (tertiary/aromatic N) is 1. The summed E-state index contributed by atoms with van der Waals surface area (Å²) in [4.78, 5) is 0. The molecule has 0 aliphatic carbocycles. The Morgan fingerprint density at radius 3 is 2.64 bits per heavy atom. The predicted octanol–water partition coefficient (Wildman–Crippen LogP) is 1.68. The molecular weight excluding hydrogens is 222 g/mol. The second-order valence-corrected chi connectivity index (χ2v) is 6.41. The molecule has 0 amide bonds. The van der Waals surface area contributed by atoms with E-state index in [2.05, 4.69) is 0 Å². The van der Waals surface area contributed by atoms with Gasteiger partial charge >= 0.3 is 0 Å². The standard InChI is InChI=1S/C9H18ClNO2S/c1-8(6-10)7-14(12,13)11-5-3-4-9(11)2/h8-9H,3-7H2,1-2H3. The van der Waals surface area contributed by atoms with Gasteiger partial charge in [0.2, 0.25) is 10.0 Å². The summed E-state index contributed by atoms with van der Waals surface area (Å²) in [6.45, 7) is 4.51. The van der Waals surface area contributed by atoms with Crippen molar-refractivity contribution in [1.82, 2.24) is 4.31 Å². The van der Waals surface area contributed by atoms with E-state index in [4.69, 9.17) is 11.6 Å². The van der Waals surface area contributed by atoms with Gasteiger partial charge in [0.05, 0.1) is 5.75 Å². The van der Waals surface area contributed by atoms with E-state index in [9.17, 15) is 8.42 Å². The first-order valence-electron chi connectivity index (χ1n) is 5.03. The average Bonchev–Trinajstić information content (AvgIpc) is 2.51. The first-order chi connectivity index (χ1) is 6.47. The van der Waals surface area contributed by atoms with Crippen LogP contribution in [0.3, 0.4) is 0 Å². The molecule has 1 aliphatic heterocycles. The fraction of sp³-hybridized carbons (Fsp3) is 1.00. The van der Waals surface area contributed by atoms with Crippen LogP contribution in [0.25, 0.3) is 0 Å². The van der Waals surface area contributed by atoms with Crippen LogP contribution in [0.2, 0.25) is 0 Å². The Labute approximate surface area is 91.5 Å². The highest BCUT2D eigenvalue weighted by Gasteiger charge is 2.31. The van der Waals surface area contributed by atoms with Crippen molar-refractivity contribution in [3.63, 3.8) is 0 Å². The molecule has 84 valence electrons. The maximum absolute atomic E-state index is 11.9. The summed E-state index contributed by atoms with van der Waals surface area (Å²) in [5, 5.41) is 0. The van der Waals surface area contributed by atoms with E-state index in [-0.39, 0.29) is 17.7 Å². The van der Waals surface area contributed by atoms with Crippen LogP contribution in [0.5, 0.6) is 0 Å². The van der Waals surface area contributed by atoms with Crippen molar-refractivity contribution >= 4 is 21.6 Å². The molecule has 0 radical (unpaired) electrons. The molecule has 0 saturated carbocycles. The lowest BCUT2D eigenvalue weighted by molar-refractivity contribution is 0.404. The Kier molecular flexibility index (Phi) is 4.22. The highest BCUT2D eigenvalue weighted by molar-refractivity contribution is 7.89. The largest absolute Gasteiger partial charge is 0.214 e. The van der Waals surface area contributed by atoms with E-state index in [0.717, 1.165) is 12.8 Å². The van der Waals surface area contributed by atoms with E-state index in [1.807, 2.05) is 13.8 Å². The summed E-state index contributed by atoms with van der Waals surface area (Å²) in [6, 6.07) is 0.169. The van der Waals surface area contributed by atoms with Gasteiger partial charge in [0, 0.05) is 18.5 Å². The average molecular weight is 240 g/mol. The Balaban J connectivity index is 2.65. The molecule has 1 saturated heterocycles. The number of hydrogen-bond acceptors (Lipinski definition) is 2. The predicted molar refractivity (Wildman–Crippen MR) is 59.1 cm³/mol.